The minimum absolute atomic E-state index is 0.137. The molecule has 1 saturated carbocycles. The lowest BCUT2D eigenvalue weighted by molar-refractivity contribution is 0.0955. The number of rotatable bonds is 4. The minimum atomic E-state index is -0.137. The zero-order chi connectivity index (χ0) is 12.8. The number of aromatic nitrogens is 1. The summed E-state index contributed by atoms with van der Waals surface area (Å²) in [4.78, 5) is 16.3. The quantitative estimate of drug-likeness (QED) is 0.846. The molecule has 3 nitrogen and oxygen atoms in total. The second-order valence-corrected chi connectivity index (χ2v) is 5.56. The van der Waals surface area contributed by atoms with E-state index in [9.17, 15) is 4.79 Å². The topological polar surface area (TPSA) is 42.0 Å². The van der Waals surface area contributed by atoms with E-state index in [1.54, 1.807) is 30.1 Å². The number of hydrogen-bond acceptors (Lipinski definition) is 3. The first-order valence-electron chi connectivity index (χ1n) is 6.14. The number of carbonyl (C=O) groups excluding carboxylic acids is 1. The maximum Gasteiger partial charge on any atom is 0.254 e. The maximum atomic E-state index is 11.9. The van der Waals surface area contributed by atoms with E-state index < -0.39 is 0 Å². The summed E-state index contributed by atoms with van der Waals surface area (Å²) in [6.45, 7) is 0.251. The summed E-state index contributed by atoms with van der Waals surface area (Å²) in [5.74, 6) is 2.26. The zero-order valence-corrected chi connectivity index (χ0v) is 11.0. The Morgan fingerprint density at radius 3 is 3.06 bits per heavy atom. The molecular weight excluding hydrogens is 244 g/mol. The first-order valence-corrected chi connectivity index (χ1v) is 7.02. The molecule has 94 valence electrons. The Hall–Kier alpha value is -1.47. The molecule has 1 aromatic heterocycles. The predicted octanol–water partition coefficient (Wildman–Crippen LogP) is 2.48. The van der Waals surface area contributed by atoms with Crippen molar-refractivity contribution in [3.05, 3.63) is 23.9 Å². The first-order chi connectivity index (χ1) is 8.81. The fourth-order valence-electron chi connectivity index (χ4n) is 2.05. The largest absolute Gasteiger partial charge is 0.341 e. The van der Waals surface area contributed by atoms with Crippen LogP contribution in [0.1, 0.15) is 36.0 Å². The third-order valence-electron chi connectivity index (χ3n) is 2.95. The van der Waals surface area contributed by atoms with E-state index >= 15 is 0 Å². The number of nitrogens with zero attached hydrogens (tertiary/aromatic N) is 1. The van der Waals surface area contributed by atoms with Crippen LogP contribution in [-0.4, -0.2) is 22.7 Å². The molecule has 2 rings (SSSR count). The van der Waals surface area contributed by atoms with Gasteiger partial charge in [-0.3, -0.25) is 4.79 Å². The SMILES string of the molecule is C#CCNC(=O)c1cccnc1SC1CCCC1. The highest BCUT2D eigenvalue weighted by atomic mass is 32.2. The maximum absolute atomic E-state index is 11.9. The van der Waals surface area contributed by atoms with Gasteiger partial charge in [0.05, 0.1) is 12.1 Å². The van der Waals surface area contributed by atoms with Gasteiger partial charge in [0.15, 0.2) is 0 Å². The van der Waals surface area contributed by atoms with Gasteiger partial charge in [-0.2, -0.15) is 0 Å². The van der Waals surface area contributed by atoms with Crippen LogP contribution in [0.2, 0.25) is 0 Å². The van der Waals surface area contributed by atoms with Crippen LogP contribution >= 0.6 is 11.8 Å². The average Bonchev–Trinajstić information content (AvgIpc) is 2.89. The fraction of sp³-hybridized carbons (Fsp3) is 0.429. The summed E-state index contributed by atoms with van der Waals surface area (Å²) >= 11 is 1.72. The van der Waals surface area contributed by atoms with E-state index in [1.165, 1.54) is 25.7 Å². The molecule has 1 aliphatic rings. The predicted molar refractivity (Wildman–Crippen MR) is 73.5 cm³/mol. The molecule has 0 radical (unpaired) electrons. The molecule has 0 spiro atoms. The number of carbonyl (C=O) groups is 1. The fourth-order valence-corrected chi connectivity index (χ4v) is 3.34. The van der Waals surface area contributed by atoms with Crippen molar-refractivity contribution in [2.24, 2.45) is 0 Å². The van der Waals surface area contributed by atoms with Crippen molar-refractivity contribution >= 4 is 17.7 Å². The van der Waals surface area contributed by atoms with Gasteiger partial charge in [0.1, 0.15) is 5.03 Å². The molecule has 1 fully saturated rings. The Kier molecular flexibility index (Phi) is 4.66. The van der Waals surface area contributed by atoms with Gasteiger partial charge in [0.2, 0.25) is 0 Å². The second kappa shape index (κ2) is 6.46. The van der Waals surface area contributed by atoms with E-state index in [0.717, 1.165) is 5.03 Å². The zero-order valence-electron chi connectivity index (χ0n) is 10.2. The van der Waals surface area contributed by atoms with Crippen LogP contribution in [0.3, 0.4) is 0 Å². The lowest BCUT2D eigenvalue weighted by Crippen LogP contribution is -2.24. The van der Waals surface area contributed by atoms with Crippen molar-refractivity contribution in [1.82, 2.24) is 10.3 Å². The van der Waals surface area contributed by atoms with E-state index in [0.29, 0.717) is 10.8 Å². The lowest BCUT2D eigenvalue weighted by Gasteiger charge is -2.11. The number of terminal acetylenes is 1. The molecule has 0 atom stereocenters. The van der Waals surface area contributed by atoms with Gasteiger partial charge in [0, 0.05) is 11.4 Å². The Morgan fingerprint density at radius 1 is 1.56 bits per heavy atom. The molecule has 1 aliphatic carbocycles. The number of thioether (sulfide) groups is 1. The van der Waals surface area contributed by atoms with Gasteiger partial charge in [-0.1, -0.05) is 18.8 Å². The summed E-state index contributed by atoms with van der Waals surface area (Å²) in [5.41, 5.74) is 0.629. The third-order valence-corrected chi connectivity index (χ3v) is 4.30. The molecular formula is C14H16N2OS. The third kappa shape index (κ3) is 3.27. The van der Waals surface area contributed by atoms with Crippen molar-refractivity contribution < 1.29 is 4.79 Å². The molecule has 18 heavy (non-hydrogen) atoms. The van der Waals surface area contributed by atoms with Gasteiger partial charge in [0.25, 0.3) is 5.91 Å². The van der Waals surface area contributed by atoms with E-state index in [1.807, 2.05) is 0 Å². The molecule has 1 heterocycles. The van der Waals surface area contributed by atoms with Gasteiger partial charge in [-0.15, -0.1) is 18.2 Å². The highest BCUT2D eigenvalue weighted by Crippen LogP contribution is 2.34. The van der Waals surface area contributed by atoms with E-state index in [2.05, 4.69) is 16.2 Å². The molecule has 1 N–H and O–H groups in total. The Balaban J connectivity index is 2.09. The highest BCUT2D eigenvalue weighted by molar-refractivity contribution is 7.99. The Labute approximate surface area is 112 Å². The number of amides is 1. The summed E-state index contributed by atoms with van der Waals surface area (Å²) in [5, 5.41) is 4.10. The highest BCUT2D eigenvalue weighted by Gasteiger charge is 2.20. The summed E-state index contributed by atoms with van der Waals surface area (Å²) in [6, 6.07) is 3.58. The summed E-state index contributed by atoms with van der Waals surface area (Å²) < 4.78 is 0. The Morgan fingerprint density at radius 2 is 2.33 bits per heavy atom. The van der Waals surface area contributed by atoms with Gasteiger partial charge in [-0.05, 0) is 25.0 Å². The second-order valence-electron chi connectivity index (χ2n) is 4.27. The van der Waals surface area contributed by atoms with E-state index in [-0.39, 0.29) is 12.5 Å². The number of nitrogens with one attached hydrogen (secondary N) is 1. The molecule has 0 aliphatic heterocycles. The first kappa shape index (κ1) is 13.0. The molecule has 0 aromatic carbocycles. The van der Waals surface area contributed by atoms with Crippen LogP contribution in [0.15, 0.2) is 23.4 Å². The monoisotopic (exact) mass is 260 g/mol. The van der Waals surface area contributed by atoms with Gasteiger partial charge in [-0.25, -0.2) is 4.98 Å². The van der Waals surface area contributed by atoms with Crippen molar-refractivity contribution in [2.75, 3.05) is 6.54 Å². The lowest BCUT2D eigenvalue weighted by atomic mass is 10.2. The van der Waals surface area contributed by atoms with Gasteiger partial charge < -0.3 is 5.32 Å². The number of hydrogen-bond donors (Lipinski definition) is 1. The number of pyridine rings is 1. The normalized spacial score (nSPS) is 15.3. The molecule has 4 heteroatoms. The van der Waals surface area contributed by atoms with E-state index in [4.69, 9.17) is 6.42 Å². The summed E-state index contributed by atoms with van der Waals surface area (Å²) in [7, 11) is 0. The molecule has 0 unspecified atom stereocenters. The van der Waals surface area contributed by atoms with Crippen LogP contribution in [0.5, 0.6) is 0 Å². The average molecular weight is 260 g/mol. The van der Waals surface area contributed by atoms with Crippen molar-refractivity contribution in [3.63, 3.8) is 0 Å². The smallest absolute Gasteiger partial charge is 0.254 e. The molecule has 0 bridgehead atoms. The molecule has 0 saturated heterocycles. The van der Waals surface area contributed by atoms with Crippen LogP contribution in [0.25, 0.3) is 0 Å². The van der Waals surface area contributed by atoms with Crippen molar-refractivity contribution in [3.8, 4) is 12.3 Å². The molecule has 1 amide bonds. The van der Waals surface area contributed by atoms with Crippen LogP contribution < -0.4 is 5.32 Å². The van der Waals surface area contributed by atoms with Crippen LogP contribution in [-0.2, 0) is 0 Å². The Bertz CT molecular complexity index is 461. The van der Waals surface area contributed by atoms with Crippen LogP contribution in [0, 0.1) is 12.3 Å². The molecule has 1 aromatic rings. The van der Waals surface area contributed by atoms with Crippen LogP contribution in [0.4, 0.5) is 0 Å². The standard InChI is InChI=1S/C14H16N2OS/c1-2-9-15-13(17)12-8-5-10-16-14(12)18-11-6-3-4-7-11/h1,5,8,10-11H,3-4,6-7,9H2,(H,15,17). The minimum Gasteiger partial charge on any atom is -0.341 e. The summed E-state index contributed by atoms with van der Waals surface area (Å²) in [6.07, 6.45) is 11.9. The van der Waals surface area contributed by atoms with Crippen molar-refractivity contribution in [1.29, 1.82) is 0 Å². The van der Waals surface area contributed by atoms with Gasteiger partial charge >= 0.3 is 0 Å². The van der Waals surface area contributed by atoms with Crippen molar-refractivity contribution in [2.45, 2.75) is 36.0 Å².